The fourth-order valence-electron chi connectivity index (χ4n) is 6.35. The predicted molar refractivity (Wildman–Crippen MR) is 110 cm³/mol. The van der Waals surface area contributed by atoms with Crippen LogP contribution in [0.5, 0.6) is 23.0 Å². The highest BCUT2D eigenvalue weighted by Gasteiger charge is 2.69. The third kappa shape index (κ3) is 2.05. The van der Waals surface area contributed by atoms with Gasteiger partial charge in [0.05, 0.1) is 22.3 Å². The summed E-state index contributed by atoms with van der Waals surface area (Å²) in [7, 11) is 0. The number of aliphatic carboxylic acids is 2. The third-order valence-corrected chi connectivity index (χ3v) is 7.57. The molecule has 0 spiro atoms. The van der Waals surface area contributed by atoms with Crippen molar-refractivity contribution in [3.05, 3.63) is 53.3 Å². The number of pyridine rings is 1. The first-order chi connectivity index (χ1) is 15.9. The minimum Gasteiger partial charge on any atom is -0.481 e. The number of carboxylic acids is 2. The van der Waals surface area contributed by atoms with Gasteiger partial charge >= 0.3 is 11.9 Å². The zero-order valence-corrected chi connectivity index (χ0v) is 17.4. The first kappa shape index (κ1) is 18.6. The molecule has 0 fully saturated rings. The van der Waals surface area contributed by atoms with Crippen LogP contribution in [0.3, 0.4) is 0 Å². The number of nitrogens with zero attached hydrogens (tertiary/aromatic N) is 1. The molecule has 4 aliphatic heterocycles. The normalized spacial score (nSPS) is 27.4. The average molecular weight is 448 g/mol. The Bertz CT molecular complexity index is 1430. The highest BCUT2D eigenvalue weighted by molar-refractivity contribution is 5.92. The smallest absolute Gasteiger partial charge is 0.314 e. The summed E-state index contributed by atoms with van der Waals surface area (Å²) in [6.07, 6.45) is 1.83. The lowest BCUT2D eigenvalue weighted by atomic mass is 9.53. The molecule has 0 radical (unpaired) electrons. The Morgan fingerprint density at radius 2 is 1.70 bits per heavy atom. The van der Waals surface area contributed by atoms with Crippen LogP contribution in [0, 0.1) is 11.8 Å². The zero-order chi connectivity index (χ0) is 22.6. The van der Waals surface area contributed by atoms with Crippen LogP contribution in [-0.4, -0.2) is 35.7 Å². The van der Waals surface area contributed by atoms with Crippen molar-refractivity contribution < 1.29 is 43.3 Å². The molecule has 4 atom stereocenters. The monoisotopic (exact) mass is 448 g/mol. The molecule has 1 aromatic heterocycles. The van der Waals surface area contributed by atoms with Gasteiger partial charge in [-0.05, 0) is 36.1 Å². The summed E-state index contributed by atoms with van der Waals surface area (Å²) in [5.41, 5.74) is 0.994. The number of carbonyl (C=O) groups is 2. The second-order valence-corrected chi connectivity index (χ2v) is 8.95. The fraction of sp³-hybridized carbons (Fsp3) is 0.292. The van der Waals surface area contributed by atoms with Crippen LogP contribution in [0.1, 0.15) is 29.8 Å². The van der Waals surface area contributed by atoms with Crippen molar-refractivity contribution in [1.29, 1.82) is 0 Å². The van der Waals surface area contributed by atoms with Gasteiger partial charge < -0.3 is 29.2 Å². The molecule has 0 amide bonds. The first-order valence-electron chi connectivity index (χ1n) is 10.6. The van der Waals surface area contributed by atoms with Crippen molar-refractivity contribution in [3.63, 3.8) is 0 Å². The summed E-state index contributed by atoms with van der Waals surface area (Å²) in [5, 5.41) is 22.2. The average Bonchev–Trinajstić information content (AvgIpc) is 3.45. The molecule has 33 heavy (non-hydrogen) atoms. The maximum atomic E-state index is 12.7. The van der Waals surface area contributed by atoms with Crippen LogP contribution < -0.4 is 23.5 Å². The van der Waals surface area contributed by atoms with Crippen LogP contribution in [0.15, 0.2) is 36.5 Å². The number of fused-ring (bicyclic) bond motifs is 4. The van der Waals surface area contributed by atoms with Crippen molar-refractivity contribution in [2.75, 3.05) is 13.6 Å². The summed E-state index contributed by atoms with van der Waals surface area (Å²) in [6.45, 7) is 1.97. The molecule has 5 aliphatic rings. The Kier molecular flexibility index (Phi) is 3.29. The molecule has 9 nitrogen and oxygen atoms in total. The highest BCUT2D eigenvalue weighted by atomic mass is 16.7. The van der Waals surface area contributed by atoms with E-state index in [-0.39, 0.29) is 13.6 Å². The second kappa shape index (κ2) is 5.86. The van der Waals surface area contributed by atoms with Gasteiger partial charge in [0.15, 0.2) is 29.2 Å². The van der Waals surface area contributed by atoms with Gasteiger partial charge in [0.2, 0.25) is 25.3 Å². The van der Waals surface area contributed by atoms with Crippen molar-refractivity contribution >= 4 is 22.7 Å². The van der Waals surface area contributed by atoms with Gasteiger partial charge in [-0.25, -0.2) is 0 Å². The molecule has 2 N–H and O–H groups in total. The quantitative estimate of drug-likeness (QED) is 0.574. The number of benzene rings is 2. The van der Waals surface area contributed by atoms with Gasteiger partial charge in [0.1, 0.15) is 5.92 Å². The summed E-state index contributed by atoms with van der Waals surface area (Å²) in [4.78, 5) is 25.2. The SMILES string of the molecule is C[C@@]12c3ccc4c(c3[C@@H]([C@@H](C(=O)O)[C@@H]1C(=O)O)[n+]1ccc3cc5c(cc3c12)OCO5)OCO4. The number of hydrogen-bond acceptors (Lipinski definition) is 6. The topological polar surface area (TPSA) is 115 Å². The summed E-state index contributed by atoms with van der Waals surface area (Å²) < 4.78 is 24.3. The number of hydrogen-bond donors (Lipinski definition) is 2. The van der Waals surface area contributed by atoms with E-state index in [0.717, 1.165) is 22.0 Å². The molecular weight excluding hydrogens is 430 g/mol. The van der Waals surface area contributed by atoms with Crippen molar-refractivity contribution in [1.82, 2.24) is 0 Å². The Balaban J connectivity index is 1.64. The predicted octanol–water partition coefficient (Wildman–Crippen LogP) is 2.21. The molecular formula is C24H18NO8+. The molecule has 2 aromatic carbocycles. The standard InChI is InChI=1S/C24H17NO8/c1-24-12-2-3-13-20(33-9-30-13)16(12)19(17(22(26)27)18(24)23(28)29)25-5-4-10-6-14-15(32-8-31-14)7-11(10)21(24)25/h2-7,17-19H,8-9H2,1H3,(H-,26,27,28,29)/p+1/t17-,18+,19-,24+/m0/s1. The number of ether oxygens (including phenoxy) is 4. The first-order valence-corrected chi connectivity index (χ1v) is 10.6. The van der Waals surface area contributed by atoms with Crippen LogP contribution in [0.25, 0.3) is 10.8 Å². The largest absolute Gasteiger partial charge is 0.481 e. The molecule has 8 rings (SSSR count). The molecule has 2 bridgehead atoms. The number of carboxylic acid groups (broad SMARTS) is 2. The van der Waals surface area contributed by atoms with Gasteiger partial charge in [-0.3, -0.25) is 9.59 Å². The van der Waals surface area contributed by atoms with Crippen molar-refractivity contribution in [3.8, 4) is 23.0 Å². The van der Waals surface area contributed by atoms with Gasteiger partial charge in [-0.2, -0.15) is 4.57 Å². The van der Waals surface area contributed by atoms with Gasteiger partial charge in [0, 0.05) is 6.07 Å². The fourth-order valence-corrected chi connectivity index (χ4v) is 6.35. The highest BCUT2D eigenvalue weighted by Crippen LogP contribution is 2.60. The van der Waals surface area contributed by atoms with Crippen molar-refractivity contribution in [2.45, 2.75) is 18.4 Å². The number of aromatic nitrogens is 1. The molecule has 166 valence electrons. The van der Waals surface area contributed by atoms with E-state index >= 15 is 0 Å². The van der Waals surface area contributed by atoms with E-state index < -0.39 is 35.2 Å². The summed E-state index contributed by atoms with van der Waals surface area (Å²) >= 11 is 0. The van der Waals surface area contributed by atoms with E-state index in [0.29, 0.717) is 28.6 Å². The third-order valence-electron chi connectivity index (χ3n) is 7.57. The Morgan fingerprint density at radius 1 is 0.970 bits per heavy atom. The van der Waals surface area contributed by atoms with Crippen LogP contribution in [0.2, 0.25) is 0 Å². The zero-order valence-electron chi connectivity index (χ0n) is 17.4. The van der Waals surface area contributed by atoms with E-state index in [9.17, 15) is 19.8 Å². The Morgan fingerprint density at radius 3 is 2.45 bits per heavy atom. The Hall–Kier alpha value is -4.01. The van der Waals surface area contributed by atoms with Gasteiger partial charge in [-0.15, -0.1) is 0 Å². The molecule has 9 heteroatoms. The molecule has 0 saturated carbocycles. The van der Waals surface area contributed by atoms with Gasteiger partial charge in [0.25, 0.3) is 0 Å². The molecule has 0 unspecified atom stereocenters. The molecule has 5 heterocycles. The molecule has 3 aromatic rings. The summed E-state index contributed by atoms with van der Waals surface area (Å²) in [6, 6.07) is 8.46. The molecule has 0 saturated heterocycles. The lowest BCUT2D eigenvalue weighted by molar-refractivity contribution is -0.739. The van der Waals surface area contributed by atoms with E-state index in [2.05, 4.69) is 0 Å². The maximum Gasteiger partial charge on any atom is 0.314 e. The lowest BCUT2D eigenvalue weighted by Gasteiger charge is -2.49. The van der Waals surface area contributed by atoms with Gasteiger partial charge in [-0.1, -0.05) is 6.07 Å². The van der Waals surface area contributed by atoms with Crippen molar-refractivity contribution in [2.24, 2.45) is 11.8 Å². The Labute approximate surface area is 186 Å². The second-order valence-electron chi connectivity index (χ2n) is 8.95. The van der Waals surface area contributed by atoms with E-state index in [4.69, 9.17) is 18.9 Å². The van der Waals surface area contributed by atoms with Crippen LogP contribution >= 0.6 is 0 Å². The maximum absolute atomic E-state index is 12.7. The molecule has 1 aliphatic carbocycles. The minimum absolute atomic E-state index is 0.0358. The number of rotatable bonds is 2. The lowest BCUT2D eigenvalue weighted by Crippen LogP contribution is -2.68. The summed E-state index contributed by atoms with van der Waals surface area (Å²) in [5.74, 6) is -2.47. The van der Waals surface area contributed by atoms with Crippen LogP contribution in [0.4, 0.5) is 0 Å². The van der Waals surface area contributed by atoms with E-state index in [1.165, 1.54) is 0 Å². The van der Waals surface area contributed by atoms with E-state index in [1.807, 2.05) is 42.0 Å². The van der Waals surface area contributed by atoms with Crippen LogP contribution in [-0.2, 0) is 15.0 Å². The van der Waals surface area contributed by atoms with E-state index in [1.54, 1.807) is 6.07 Å². The minimum atomic E-state index is -1.19.